The summed E-state index contributed by atoms with van der Waals surface area (Å²) in [6, 6.07) is 2.41. The van der Waals surface area contributed by atoms with Crippen LogP contribution in [0.4, 0.5) is 0 Å². The molecule has 2 saturated carbocycles. The molecule has 0 bridgehead atoms. The minimum Gasteiger partial charge on any atom is -0.381 e. The second-order valence-corrected chi connectivity index (χ2v) is 8.60. The van der Waals surface area contributed by atoms with Gasteiger partial charge in [-0.1, -0.05) is 0 Å². The molecular formula is C14H22N2O3S2. The molecule has 118 valence electrons. The number of hydrogen-bond acceptors (Lipinski definition) is 5. The molecule has 2 aliphatic carbocycles. The Hall–Kier alpha value is -0.470. The number of sulfonamides is 1. The molecule has 0 radical (unpaired) electrons. The van der Waals surface area contributed by atoms with Crippen LogP contribution < -0.4 is 10.0 Å². The molecule has 2 fully saturated rings. The Morgan fingerprint density at radius 3 is 2.71 bits per heavy atom. The van der Waals surface area contributed by atoms with E-state index in [1.54, 1.807) is 18.6 Å². The van der Waals surface area contributed by atoms with Gasteiger partial charge in [-0.3, -0.25) is 0 Å². The van der Waals surface area contributed by atoms with Crippen LogP contribution in [-0.4, -0.2) is 33.7 Å². The van der Waals surface area contributed by atoms with Gasteiger partial charge in [-0.25, -0.2) is 13.1 Å². The van der Waals surface area contributed by atoms with Crippen molar-refractivity contribution in [2.75, 3.05) is 7.11 Å². The van der Waals surface area contributed by atoms with Gasteiger partial charge in [0.15, 0.2) is 0 Å². The van der Waals surface area contributed by atoms with Gasteiger partial charge in [0.25, 0.3) is 0 Å². The molecule has 2 aliphatic rings. The van der Waals surface area contributed by atoms with Gasteiger partial charge in [-0.2, -0.15) is 0 Å². The Morgan fingerprint density at radius 1 is 1.29 bits per heavy atom. The molecule has 0 aromatic carbocycles. The van der Waals surface area contributed by atoms with Crippen molar-refractivity contribution in [2.24, 2.45) is 0 Å². The van der Waals surface area contributed by atoms with Crippen LogP contribution in [0.25, 0.3) is 0 Å². The van der Waals surface area contributed by atoms with Crippen LogP contribution in [0.2, 0.25) is 0 Å². The highest BCUT2D eigenvalue weighted by atomic mass is 32.2. The molecule has 2 unspecified atom stereocenters. The highest BCUT2D eigenvalue weighted by molar-refractivity contribution is 7.89. The largest absolute Gasteiger partial charge is 0.381 e. The van der Waals surface area contributed by atoms with E-state index in [1.165, 1.54) is 24.2 Å². The molecule has 0 amide bonds. The highest BCUT2D eigenvalue weighted by Gasteiger charge is 2.29. The summed E-state index contributed by atoms with van der Waals surface area (Å²) in [7, 11) is -1.72. The fraction of sp³-hybridized carbons (Fsp3) is 0.714. The van der Waals surface area contributed by atoms with E-state index in [9.17, 15) is 8.42 Å². The lowest BCUT2D eigenvalue weighted by atomic mass is 10.3. The van der Waals surface area contributed by atoms with Gasteiger partial charge >= 0.3 is 0 Å². The maximum Gasteiger partial charge on any atom is 0.241 e. The molecule has 2 atom stereocenters. The normalized spacial score (nSPS) is 26.3. The minimum atomic E-state index is -3.40. The zero-order valence-electron chi connectivity index (χ0n) is 12.2. The summed E-state index contributed by atoms with van der Waals surface area (Å²) in [5.74, 6) is 0. The first kappa shape index (κ1) is 15.4. The second kappa shape index (κ2) is 6.34. The van der Waals surface area contributed by atoms with Gasteiger partial charge in [0, 0.05) is 36.0 Å². The Kier molecular flexibility index (Phi) is 4.66. The van der Waals surface area contributed by atoms with Crippen molar-refractivity contribution in [3.63, 3.8) is 0 Å². The van der Waals surface area contributed by atoms with Gasteiger partial charge < -0.3 is 10.1 Å². The molecule has 0 aliphatic heterocycles. The molecule has 1 aromatic heterocycles. The third-order valence-electron chi connectivity index (χ3n) is 4.12. The average molecular weight is 330 g/mol. The predicted molar refractivity (Wildman–Crippen MR) is 82.9 cm³/mol. The number of thiophene rings is 1. The van der Waals surface area contributed by atoms with Crippen molar-refractivity contribution in [3.8, 4) is 0 Å². The molecule has 1 aromatic rings. The lowest BCUT2D eigenvalue weighted by Crippen LogP contribution is -2.33. The molecule has 1 heterocycles. The average Bonchev–Trinajstić information content (AvgIpc) is 2.98. The van der Waals surface area contributed by atoms with Gasteiger partial charge in [0.2, 0.25) is 10.0 Å². The Morgan fingerprint density at radius 2 is 2.05 bits per heavy atom. The van der Waals surface area contributed by atoms with Crippen molar-refractivity contribution >= 4 is 21.4 Å². The van der Waals surface area contributed by atoms with Crippen LogP contribution in [0.1, 0.15) is 37.0 Å². The molecule has 7 heteroatoms. The monoisotopic (exact) mass is 330 g/mol. The molecular weight excluding hydrogens is 308 g/mol. The first-order valence-corrected chi connectivity index (χ1v) is 9.79. The minimum absolute atomic E-state index is 0.00658. The summed E-state index contributed by atoms with van der Waals surface area (Å²) < 4.78 is 32.9. The maximum atomic E-state index is 12.4. The van der Waals surface area contributed by atoms with Crippen molar-refractivity contribution in [1.29, 1.82) is 0 Å². The van der Waals surface area contributed by atoms with E-state index in [-0.39, 0.29) is 12.1 Å². The van der Waals surface area contributed by atoms with Crippen LogP contribution in [0.15, 0.2) is 16.3 Å². The number of rotatable bonds is 7. The standard InChI is InChI=1S/C14H22N2O3S2/c1-19-12-5-4-11(6-12)16-21(17,18)14-7-13(20-9-14)8-15-10-2-3-10/h7,9-12,15-16H,2-6,8H2,1H3. The van der Waals surface area contributed by atoms with Crippen LogP contribution in [0.3, 0.4) is 0 Å². The summed E-state index contributed by atoms with van der Waals surface area (Å²) >= 11 is 1.50. The Balaban J connectivity index is 1.58. The van der Waals surface area contributed by atoms with Crippen LogP contribution in [0, 0.1) is 0 Å². The van der Waals surface area contributed by atoms with Crippen molar-refractivity contribution in [3.05, 3.63) is 16.3 Å². The highest BCUT2D eigenvalue weighted by Crippen LogP contribution is 2.26. The lowest BCUT2D eigenvalue weighted by Gasteiger charge is -2.12. The summed E-state index contributed by atoms with van der Waals surface area (Å²) in [4.78, 5) is 1.46. The van der Waals surface area contributed by atoms with E-state index >= 15 is 0 Å². The second-order valence-electron chi connectivity index (χ2n) is 5.89. The number of ether oxygens (including phenoxy) is 1. The van der Waals surface area contributed by atoms with Crippen LogP contribution >= 0.6 is 11.3 Å². The van der Waals surface area contributed by atoms with E-state index in [0.29, 0.717) is 10.9 Å². The number of methoxy groups -OCH3 is 1. The summed E-state index contributed by atoms with van der Waals surface area (Å²) in [5, 5.41) is 5.13. The van der Waals surface area contributed by atoms with Gasteiger partial charge in [0.05, 0.1) is 11.0 Å². The van der Waals surface area contributed by atoms with Crippen LogP contribution in [-0.2, 0) is 21.3 Å². The zero-order chi connectivity index (χ0) is 14.9. The summed E-state index contributed by atoms with van der Waals surface area (Å²) in [6.45, 7) is 0.764. The first-order chi connectivity index (χ1) is 10.1. The first-order valence-electron chi connectivity index (χ1n) is 7.43. The van der Waals surface area contributed by atoms with Gasteiger partial charge in [-0.05, 0) is 38.2 Å². The fourth-order valence-corrected chi connectivity index (χ4v) is 5.18. The van der Waals surface area contributed by atoms with Crippen molar-refractivity contribution in [2.45, 2.75) is 61.7 Å². The fourth-order valence-electron chi connectivity index (χ4n) is 2.68. The van der Waals surface area contributed by atoms with Gasteiger partial charge in [0.1, 0.15) is 0 Å². The van der Waals surface area contributed by atoms with Crippen molar-refractivity contribution < 1.29 is 13.2 Å². The summed E-state index contributed by atoms with van der Waals surface area (Å²) in [5.41, 5.74) is 0. The smallest absolute Gasteiger partial charge is 0.241 e. The molecule has 5 nitrogen and oxygen atoms in total. The number of nitrogens with one attached hydrogen (secondary N) is 2. The topological polar surface area (TPSA) is 67.4 Å². The van der Waals surface area contributed by atoms with E-state index in [0.717, 1.165) is 30.7 Å². The molecule has 0 spiro atoms. The Labute approximate surface area is 130 Å². The van der Waals surface area contributed by atoms with Crippen LogP contribution in [0.5, 0.6) is 0 Å². The lowest BCUT2D eigenvalue weighted by molar-refractivity contribution is 0.107. The molecule has 0 saturated heterocycles. The van der Waals surface area contributed by atoms with E-state index in [4.69, 9.17) is 4.74 Å². The third-order valence-corrected chi connectivity index (χ3v) is 6.71. The Bertz CT molecular complexity index is 581. The SMILES string of the molecule is COC1CCC(NS(=O)(=O)c2csc(CNC3CC3)c2)C1. The van der Waals surface area contributed by atoms with Crippen molar-refractivity contribution in [1.82, 2.24) is 10.0 Å². The predicted octanol–water partition coefficient (Wildman–Crippen LogP) is 1.85. The number of hydrogen-bond donors (Lipinski definition) is 2. The van der Waals surface area contributed by atoms with Gasteiger partial charge in [-0.15, -0.1) is 11.3 Å². The molecule has 2 N–H and O–H groups in total. The maximum absolute atomic E-state index is 12.4. The molecule has 3 rings (SSSR count). The third kappa shape index (κ3) is 4.04. The molecule has 21 heavy (non-hydrogen) atoms. The zero-order valence-corrected chi connectivity index (χ0v) is 13.8. The van der Waals surface area contributed by atoms with E-state index in [1.807, 2.05) is 0 Å². The summed E-state index contributed by atoms with van der Waals surface area (Å²) in [6.07, 6.45) is 5.18. The van der Waals surface area contributed by atoms with E-state index in [2.05, 4.69) is 10.0 Å². The van der Waals surface area contributed by atoms with E-state index < -0.39 is 10.0 Å². The quantitative estimate of drug-likeness (QED) is 0.801.